The lowest BCUT2D eigenvalue weighted by molar-refractivity contribution is -0.142. The van der Waals surface area contributed by atoms with E-state index in [0.29, 0.717) is 13.0 Å². The second kappa shape index (κ2) is 4.88. The number of likely N-dealkylation sites (tertiary alicyclic amines) is 1. The normalized spacial score (nSPS) is 23.9. The zero-order valence-corrected chi connectivity index (χ0v) is 9.51. The Morgan fingerprint density at radius 3 is 2.69 bits per heavy atom. The summed E-state index contributed by atoms with van der Waals surface area (Å²) in [4.78, 5) is 25.8. The van der Waals surface area contributed by atoms with E-state index >= 15 is 0 Å². The van der Waals surface area contributed by atoms with Gasteiger partial charge in [0.25, 0.3) is 0 Å². The molecule has 2 atom stereocenters. The van der Waals surface area contributed by atoms with Gasteiger partial charge in [0, 0.05) is 19.6 Å². The minimum atomic E-state index is -0.845. The molecule has 0 aromatic heterocycles. The lowest BCUT2D eigenvalue weighted by Crippen LogP contribution is -2.44. The molecule has 1 saturated heterocycles. The van der Waals surface area contributed by atoms with E-state index in [2.05, 4.69) is 5.92 Å². The van der Waals surface area contributed by atoms with Crippen molar-refractivity contribution in [2.24, 2.45) is 5.92 Å². The summed E-state index contributed by atoms with van der Waals surface area (Å²) >= 11 is 0. The maximum Gasteiger partial charge on any atom is 0.320 e. The highest BCUT2D eigenvalue weighted by Crippen LogP contribution is 2.25. The van der Waals surface area contributed by atoms with Gasteiger partial charge in [-0.15, -0.1) is 6.42 Å². The summed E-state index contributed by atoms with van der Waals surface area (Å²) in [5.41, 5.74) is 0. The number of carboxylic acids is 1. The van der Waals surface area contributed by atoms with Crippen molar-refractivity contribution < 1.29 is 14.7 Å². The van der Waals surface area contributed by atoms with Crippen molar-refractivity contribution in [3.63, 3.8) is 0 Å². The van der Waals surface area contributed by atoms with E-state index in [4.69, 9.17) is 11.5 Å². The minimum absolute atomic E-state index is 0.200. The molecule has 0 aromatic rings. The number of carbonyl (C=O) groups excluding carboxylic acids is 1. The van der Waals surface area contributed by atoms with Crippen LogP contribution in [0.2, 0.25) is 0 Å². The predicted octanol–water partition coefficient (Wildman–Crippen LogP) is 0.466. The molecule has 0 aliphatic carbocycles. The molecule has 16 heavy (non-hydrogen) atoms. The van der Waals surface area contributed by atoms with Crippen LogP contribution in [-0.2, 0) is 4.79 Å². The van der Waals surface area contributed by atoms with E-state index in [1.807, 2.05) is 0 Å². The Bertz CT molecular complexity index is 335. The van der Waals surface area contributed by atoms with Crippen LogP contribution in [0.4, 0.5) is 4.79 Å². The van der Waals surface area contributed by atoms with E-state index in [9.17, 15) is 9.59 Å². The molecular weight excluding hydrogens is 208 g/mol. The summed E-state index contributed by atoms with van der Waals surface area (Å²) < 4.78 is 0. The Kier molecular flexibility index (Phi) is 3.78. The topological polar surface area (TPSA) is 60.9 Å². The van der Waals surface area contributed by atoms with Crippen molar-refractivity contribution in [3.05, 3.63) is 0 Å². The van der Waals surface area contributed by atoms with Crippen molar-refractivity contribution in [1.29, 1.82) is 0 Å². The number of hydrogen-bond donors (Lipinski definition) is 1. The highest BCUT2D eigenvalue weighted by atomic mass is 16.4. The first kappa shape index (κ1) is 12.4. The minimum Gasteiger partial charge on any atom is -0.481 e. The fourth-order valence-corrected chi connectivity index (χ4v) is 1.96. The number of aliphatic carboxylic acids is 1. The maximum absolute atomic E-state index is 11.9. The molecular formula is C11H16N2O3. The molecule has 0 aromatic carbocycles. The van der Waals surface area contributed by atoms with Crippen LogP contribution in [0.25, 0.3) is 0 Å². The van der Waals surface area contributed by atoms with Gasteiger partial charge in [0.2, 0.25) is 0 Å². The third-order valence-electron chi connectivity index (χ3n) is 2.97. The van der Waals surface area contributed by atoms with Gasteiger partial charge in [0.1, 0.15) is 0 Å². The number of carboxylic acid groups (broad SMARTS) is 1. The van der Waals surface area contributed by atoms with Crippen molar-refractivity contribution in [2.45, 2.75) is 19.4 Å². The Hall–Kier alpha value is -1.70. The molecule has 5 heteroatoms. The van der Waals surface area contributed by atoms with E-state index in [1.165, 1.54) is 4.90 Å². The van der Waals surface area contributed by atoms with Crippen LogP contribution < -0.4 is 0 Å². The number of amides is 2. The molecule has 1 heterocycles. The zero-order valence-electron chi connectivity index (χ0n) is 9.51. The summed E-state index contributed by atoms with van der Waals surface area (Å²) in [6, 6.07) is -0.473. The highest BCUT2D eigenvalue weighted by Gasteiger charge is 2.38. The third kappa shape index (κ3) is 2.27. The van der Waals surface area contributed by atoms with Gasteiger partial charge in [0.15, 0.2) is 0 Å². The molecule has 2 amide bonds. The molecule has 1 rings (SSSR count). The van der Waals surface area contributed by atoms with Gasteiger partial charge >= 0.3 is 12.0 Å². The molecule has 5 nitrogen and oxygen atoms in total. The Balaban J connectivity index is 2.67. The predicted molar refractivity (Wildman–Crippen MR) is 58.8 cm³/mol. The Morgan fingerprint density at radius 2 is 2.25 bits per heavy atom. The SMILES string of the molecule is C#CCN(C)C(=O)N1CCC(C(=O)O)C1C. The molecule has 2 unspecified atom stereocenters. The molecule has 0 spiro atoms. The monoisotopic (exact) mass is 224 g/mol. The smallest absolute Gasteiger partial charge is 0.320 e. The molecule has 1 fully saturated rings. The summed E-state index contributed by atoms with van der Waals surface area (Å²) in [6.45, 7) is 2.47. The molecule has 0 radical (unpaired) electrons. The number of nitrogens with zero attached hydrogens (tertiary/aromatic N) is 2. The van der Waals surface area contributed by atoms with Crippen LogP contribution in [-0.4, -0.2) is 53.1 Å². The summed E-state index contributed by atoms with van der Waals surface area (Å²) in [6.07, 6.45) is 5.63. The Morgan fingerprint density at radius 1 is 1.62 bits per heavy atom. The quantitative estimate of drug-likeness (QED) is 0.693. The first-order valence-electron chi connectivity index (χ1n) is 5.17. The summed E-state index contributed by atoms with van der Waals surface area (Å²) in [7, 11) is 1.61. The van der Waals surface area contributed by atoms with Crippen LogP contribution in [0.3, 0.4) is 0 Å². The van der Waals surface area contributed by atoms with Crippen LogP contribution in [0, 0.1) is 18.3 Å². The van der Waals surface area contributed by atoms with Crippen molar-refractivity contribution in [3.8, 4) is 12.3 Å². The molecule has 1 aliphatic heterocycles. The lowest BCUT2D eigenvalue weighted by Gasteiger charge is -2.27. The van der Waals surface area contributed by atoms with Crippen LogP contribution >= 0.6 is 0 Å². The van der Waals surface area contributed by atoms with Gasteiger partial charge < -0.3 is 14.9 Å². The summed E-state index contributed by atoms with van der Waals surface area (Å²) in [5.74, 6) is 1.07. The molecule has 0 bridgehead atoms. The van der Waals surface area contributed by atoms with E-state index in [1.54, 1.807) is 18.9 Å². The number of terminal acetylenes is 1. The van der Waals surface area contributed by atoms with Crippen molar-refractivity contribution in [1.82, 2.24) is 9.80 Å². The van der Waals surface area contributed by atoms with Gasteiger partial charge in [-0.1, -0.05) is 5.92 Å². The van der Waals surface area contributed by atoms with Crippen LogP contribution in [0.5, 0.6) is 0 Å². The van der Waals surface area contributed by atoms with E-state index in [-0.39, 0.29) is 18.6 Å². The molecule has 1 aliphatic rings. The second-order valence-electron chi connectivity index (χ2n) is 4.01. The van der Waals surface area contributed by atoms with Gasteiger partial charge in [-0.3, -0.25) is 4.79 Å². The van der Waals surface area contributed by atoms with Crippen molar-refractivity contribution in [2.75, 3.05) is 20.1 Å². The average Bonchev–Trinajstić information content (AvgIpc) is 2.59. The molecule has 0 saturated carbocycles. The molecule has 1 N–H and O–H groups in total. The first-order chi connectivity index (χ1) is 7.49. The second-order valence-corrected chi connectivity index (χ2v) is 4.01. The van der Waals surface area contributed by atoms with Crippen molar-refractivity contribution >= 4 is 12.0 Å². The largest absolute Gasteiger partial charge is 0.481 e. The van der Waals surface area contributed by atoms with E-state index in [0.717, 1.165) is 0 Å². The maximum atomic E-state index is 11.9. The number of rotatable bonds is 2. The van der Waals surface area contributed by atoms with Gasteiger partial charge in [-0.2, -0.15) is 0 Å². The average molecular weight is 224 g/mol. The lowest BCUT2D eigenvalue weighted by atomic mass is 10.0. The van der Waals surface area contributed by atoms with Gasteiger partial charge in [0.05, 0.1) is 12.5 Å². The number of hydrogen-bond acceptors (Lipinski definition) is 2. The molecule has 88 valence electrons. The highest BCUT2D eigenvalue weighted by molar-refractivity contribution is 5.78. The van der Waals surface area contributed by atoms with Crippen LogP contribution in [0.15, 0.2) is 0 Å². The first-order valence-corrected chi connectivity index (χ1v) is 5.17. The van der Waals surface area contributed by atoms with E-state index < -0.39 is 11.9 Å². The van der Waals surface area contributed by atoms with Gasteiger partial charge in [-0.25, -0.2) is 4.79 Å². The summed E-state index contributed by atoms with van der Waals surface area (Å²) in [5, 5.41) is 8.94. The fourth-order valence-electron chi connectivity index (χ4n) is 1.96. The zero-order chi connectivity index (χ0) is 12.3. The van der Waals surface area contributed by atoms with Gasteiger partial charge in [-0.05, 0) is 13.3 Å². The Labute approximate surface area is 95.0 Å². The number of carbonyl (C=O) groups is 2. The van der Waals surface area contributed by atoms with Crippen LogP contribution in [0.1, 0.15) is 13.3 Å². The number of urea groups is 1. The fraction of sp³-hybridized carbons (Fsp3) is 0.636. The standard InChI is InChI=1S/C11H16N2O3/c1-4-6-12(3)11(16)13-7-5-9(8(13)2)10(14)15/h1,8-9H,5-7H2,2-3H3,(H,14,15). The third-order valence-corrected chi connectivity index (χ3v) is 2.97.